The maximum Gasteiger partial charge on any atom is 0.152 e. The molecule has 1 N–H and O–H groups in total. The Bertz CT molecular complexity index is 233. The van der Waals surface area contributed by atoms with Gasteiger partial charge < -0.3 is 5.11 Å². The van der Waals surface area contributed by atoms with E-state index in [9.17, 15) is 13.5 Å². The van der Waals surface area contributed by atoms with Crippen LogP contribution in [0.2, 0.25) is 0 Å². The van der Waals surface area contributed by atoms with Crippen LogP contribution in [0.5, 0.6) is 0 Å². The lowest BCUT2D eigenvalue weighted by Crippen LogP contribution is -2.32. The van der Waals surface area contributed by atoms with Crippen LogP contribution in [-0.2, 0) is 9.84 Å². The van der Waals surface area contributed by atoms with Crippen LogP contribution in [0.3, 0.4) is 0 Å². The summed E-state index contributed by atoms with van der Waals surface area (Å²) in [4.78, 5) is 0. The molecule has 0 bridgehead atoms. The Hall–Kier alpha value is -0.0900. The van der Waals surface area contributed by atoms with E-state index in [0.717, 1.165) is 19.3 Å². The maximum absolute atomic E-state index is 11.2. The topological polar surface area (TPSA) is 54.4 Å². The molecule has 1 fully saturated rings. The van der Waals surface area contributed by atoms with Gasteiger partial charge in [0.2, 0.25) is 0 Å². The van der Waals surface area contributed by atoms with Crippen molar-refractivity contribution in [2.45, 2.75) is 43.5 Å². The molecule has 72 valence electrons. The molecule has 4 heteroatoms. The van der Waals surface area contributed by atoms with Crippen LogP contribution in [-0.4, -0.2) is 31.1 Å². The van der Waals surface area contributed by atoms with Crippen molar-refractivity contribution in [1.82, 2.24) is 0 Å². The number of aliphatic hydroxyl groups excluding tert-OH is 1. The van der Waals surface area contributed by atoms with E-state index in [2.05, 4.69) is 0 Å². The Kier molecular flexibility index (Phi) is 3.12. The van der Waals surface area contributed by atoms with E-state index in [1.807, 2.05) is 0 Å². The Balaban J connectivity index is 2.72. The van der Waals surface area contributed by atoms with Crippen molar-refractivity contribution in [1.29, 1.82) is 0 Å². The highest BCUT2D eigenvalue weighted by atomic mass is 32.2. The summed E-state index contributed by atoms with van der Waals surface area (Å²) in [6, 6.07) is 0. The second kappa shape index (κ2) is 3.75. The number of hydrogen-bond acceptors (Lipinski definition) is 3. The fraction of sp³-hybridized carbons (Fsp3) is 1.00. The zero-order valence-corrected chi connectivity index (χ0v) is 8.18. The standard InChI is InChI=1S/C8H16O3S/c1-12(10,11)8-6-4-2-3-5-7(8)9/h7-9H,2-6H2,1H3. The van der Waals surface area contributed by atoms with Crippen LogP contribution in [0, 0.1) is 0 Å². The summed E-state index contributed by atoms with van der Waals surface area (Å²) in [6.07, 6.45) is 4.76. The Morgan fingerprint density at radius 1 is 1.17 bits per heavy atom. The van der Waals surface area contributed by atoms with E-state index < -0.39 is 21.2 Å². The van der Waals surface area contributed by atoms with Gasteiger partial charge in [-0.3, -0.25) is 0 Å². The van der Waals surface area contributed by atoms with Crippen LogP contribution in [0.15, 0.2) is 0 Å². The Labute approximate surface area is 73.7 Å². The first kappa shape index (κ1) is 9.99. The van der Waals surface area contributed by atoms with Crippen LogP contribution < -0.4 is 0 Å². The van der Waals surface area contributed by atoms with Crippen molar-refractivity contribution < 1.29 is 13.5 Å². The molecule has 3 nitrogen and oxygen atoms in total. The van der Waals surface area contributed by atoms with Gasteiger partial charge in [-0.2, -0.15) is 0 Å². The van der Waals surface area contributed by atoms with Gasteiger partial charge in [0, 0.05) is 6.26 Å². The third kappa shape index (κ3) is 2.45. The molecule has 0 radical (unpaired) electrons. The number of aliphatic hydroxyl groups is 1. The average molecular weight is 192 g/mol. The van der Waals surface area contributed by atoms with Gasteiger partial charge in [0.1, 0.15) is 0 Å². The zero-order chi connectivity index (χ0) is 9.19. The molecule has 2 atom stereocenters. The summed E-state index contributed by atoms with van der Waals surface area (Å²) in [5.41, 5.74) is 0. The highest BCUT2D eigenvalue weighted by Crippen LogP contribution is 2.22. The van der Waals surface area contributed by atoms with Gasteiger partial charge in [-0.25, -0.2) is 8.42 Å². The Morgan fingerprint density at radius 3 is 2.33 bits per heavy atom. The highest BCUT2D eigenvalue weighted by Gasteiger charge is 2.29. The van der Waals surface area contributed by atoms with Gasteiger partial charge >= 0.3 is 0 Å². The molecule has 0 spiro atoms. The van der Waals surface area contributed by atoms with Crippen molar-refractivity contribution in [2.24, 2.45) is 0 Å². The van der Waals surface area contributed by atoms with Crippen LogP contribution in [0.1, 0.15) is 32.1 Å². The lowest BCUT2D eigenvalue weighted by atomic mass is 10.1. The first-order chi connectivity index (χ1) is 5.52. The SMILES string of the molecule is CS(=O)(=O)C1CCCCCC1O. The highest BCUT2D eigenvalue weighted by molar-refractivity contribution is 7.91. The van der Waals surface area contributed by atoms with Gasteiger partial charge in [-0.1, -0.05) is 19.3 Å². The van der Waals surface area contributed by atoms with Crippen LogP contribution >= 0.6 is 0 Å². The summed E-state index contributed by atoms with van der Waals surface area (Å²) in [6.45, 7) is 0. The van der Waals surface area contributed by atoms with E-state index in [0.29, 0.717) is 12.8 Å². The van der Waals surface area contributed by atoms with Crippen molar-refractivity contribution in [2.75, 3.05) is 6.26 Å². The molecule has 0 saturated heterocycles. The zero-order valence-electron chi connectivity index (χ0n) is 7.36. The van der Waals surface area contributed by atoms with Gasteiger partial charge in [0.25, 0.3) is 0 Å². The van der Waals surface area contributed by atoms with Crippen LogP contribution in [0.4, 0.5) is 0 Å². The predicted octanol–water partition coefficient (Wildman–Crippen LogP) is 0.725. The molecular weight excluding hydrogens is 176 g/mol. The number of hydrogen-bond donors (Lipinski definition) is 1. The first-order valence-corrected chi connectivity index (χ1v) is 6.34. The molecule has 1 aliphatic carbocycles. The number of rotatable bonds is 1. The lowest BCUT2D eigenvalue weighted by Gasteiger charge is -2.17. The Morgan fingerprint density at radius 2 is 1.75 bits per heavy atom. The van der Waals surface area contributed by atoms with Crippen molar-refractivity contribution in [3.63, 3.8) is 0 Å². The molecule has 0 heterocycles. The maximum atomic E-state index is 11.2. The fourth-order valence-electron chi connectivity index (χ4n) is 1.75. The quantitative estimate of drug-likeness (QED) is 0.623. The smallest absolute Gasteiger partial charge is 0.152 e. The molecule has 0 aromatic rings. The van der Waals surface area contributed by atoms with Crippen molar-refractivity contribution in [3.05, 3.63) is 0 Å². The third-order valence-corrected chi connectivity index (χ3v) is 4.12. The largest absolute Gasteiger partial charge is 0.392 e. The van der Waals surface area contributed by atoms with E-state index in [1.54, 1.807) is 0 Å². The summed E-state index contributed by atoms with van der Waals surface area (Å²) in [5, 5.41) is 8.99. The minimum Gasteiger partial charge on any atom is -0.392 e. The van der Waals surface area contributed by atoms with Gasteiger partial charge in [0.15, 0.2) is 9.84 Å². The molecule has 0 aliphatic heterocycles. The van der Waals surface area contributed by atoms with Gasteiger partial charge in [-0.05, 0) is 12.8 Å². The summed E-state index contributed by atoms with van der Waals surface area (Å²) in [7, 11) is -3.05. The monoisotopic (exact) mass is 192 g/mol. The summed E-state index contributed by atoms with van der Waals surface area (Å²) >= 11 is 0. The van der Waals surface area contributed by atoms with Crippen molar-refractivity contribution >= 4 is 9.84 Å². The lowest BCUT2D eigenvalue weighted by molar-refractivity contribution is 0.160. The minimum atomic E-state index is -3.05. The van der Waals surface area contributed by atoms with E-state index in [1.165, 1.54) is 6.26 Å². The molecule has 0 aromatic carbocycles. The fourth-order valence-corrected chi connectivity index (χ4v) is 3.06. The molecular formula is C8H16O3S. The van der Waals surface area contributed by atoms with Crippen molar-refractivity contribution in [3.8, 4) is 0 Å². The second-order valence-electron chi connectivity index (χ2n) is 3.57. The van der Waals surface area contributed by atoms with E-state index in [4.69, 9.17) is 0 Å². The molecule has 1 saturated carbocycles. The molecule has 1 aliphatic rings. The first-order valence-electron chi connectivity index (χ1n) is 4.39. The second-order valence-corrected chi connectivity index (χ2v) is 5.84. The third-order valence-electron chi connectivity index (χ3n) is 2.47. The number of sulfone groups is 1. The molecule has 2 unspecified atom stereocenters. The average Bonchev–Trinajstić information content (AvgIpc) is 2.11. The molecule has 1 rings (SSSR count). The van der Waals surface area contributed by atoms with Gasteiger partial charge in [0.05, 0.1) is 11.4 Å². The molecule has 0 amide bonds. The summed E-state index contributed by atoms with van der Waals surface area (Å²) < 4.78 is 22.4. The van der Waals surface area contributed by atoms with Crippen LogP contribution in [0.25, 0.3) is 0 Å². The normalized spacial score (nSPS) is 32.8. The minimum absolute atomic E-state index is 0.514. The molecule has 0 aromatic heterocycles. The summed E-state index contributed by atoms with van der Waals surface area (Å²) in [5.74, 6) is 0. The van der Waals surface area contributed by atoms with Gasteiger partial charge in [-0.15, -0.1) is 0 Å². The predicted molar refractivity (Wildman–Crippen MR) is 47.7 cm³/mol. The van der Waals surface area contributed by atoms with E-state index >= 15 is 0 Å². The van der Waals surface area contributed by atoms with E-state index in [-0.39, 0.29) is 0 Å². The molecule has 12 heavy (non-hydrogen) atoms.